The second-order valence-electron chi connectivity index (χ2n) is 4.79. The summed E-state index contributed by atoms with van der Waals surface area (Å²) in [5.74, 6) is -0.600. The molecular formula is C13H19N3O3. The molecule has 1 heterocycles. The standard InChI is InChI=1S/C13H19N3O3/c1-2-19-13(6-4-3-5-7-13)12-15-8-9(11(17)18)10(14)16-12/h8H,2-7H2,1H3,(H,17,18)(H2,14,15,16). The van der Waals surface area contributed by atoms with E-state index in [2.05, 4.69) is 9.97 Å². The molecule has 6 nitrogen and oxygen atoms in total. The minimum Gasteiger partial charge on any atom is -0.477 e. The van der Waals surface area contributed by atoms with Crippen molar-refractivity contribution in [2.75, 3.05) is 12.3 Å². The maximum Gasteiger partial charge on any atom is 0.341 e. The summed E-state index contributed by atoms with van der Waals surface area (Å²) in [5.41, 5.74) is 5.13. The van der Waals surface area contributed by atoms with Gasteiger partial charge in [0.15, 0.2) is 5.82 Å². The highest BCUT2D eigenvalue weighted by Gasteiger charge is 2.37. The zero-order chi connectivity index (χ0) is 13.9. The number of aromatic carboxylic acids is 1. The van der Waals surface area contributed by atoms with Gasteiger partial charge in [-0.25, -0.2) is 14.8 Å². The number of nitrogens with zero attached hydrogens (tertiary/aromatic N) is 2. The second-order valence-corrected chi connectivity index (χ2v) is 4.79. The molecule has 0 unspecified atom stereocenters. The van der Waals surface area contributed by atoms with Gasteiger partial charge >= 0.3 is 5.97 Å². The molecule has 0 radical (unpaired) electrons. The smallest absolute Gasteiger partial charge is 0.341 e. The number of rotatable bonds is 4. The second kappa shape index (κ2) is 5.52. The van der Waals surface area contributed by atoms with Crippen LogP contribution >= 0.6 is 0 Å². The predicted molar refractivity (Wildman–Crippen MR) is 69.8 cm³/mol. The summed E-state index contributed by atoms with van der Waals surface area (Å²) >= 11 is 0. The van der Waals surface area contributed by atoms with Gasteiger partial charge in [-0.1, -0.05) is 19.3 Å². The molecule has 1 aromatic rings. The quantitative estimate of drug-likeness (QED) is 0.863. The van der Waals surface area contributed by atoms with E-state index in [0.717, 1.165) is 25.7 Å². The number of carbonyl (C=O) groups is 1. The zero-order valence-electron chi connectivity index (χ0n) is 11.1. The summed E-state index contributed by atoms with van der Waals surface area (Å²) in [6, 6.07) is 0. The first-order chi connectivity index (χ1) is 9.09. The van der Waals surface area contributed by atoms with Gasteiger partial charge in [-0.3, -0.25) is 0 Å². The number of hydrogen-bond acceptors (Lipinski definition) is 5. The molecule has 104 valence electrons. The lowest BCUT2D eigenvalue weighted by Gasteiger charge is -2.35. The van der Waals surface area contributed by atoms with Crippen LogP contribution in [0.15, 0.2) is 6.20 Å². The molecule has 0 bridgehead atoms. The van der Waals surface area contributed by atoms with Gasteiger partial charge < -0.3 is 15.6 Å². The first-order valence-corrected chi connectivity index (χ1v) is 6.59. The maximum atomic E-state index is 10.9. The van der Waals surface area contributed by atoms with Gasteiger partial charge in [-0.2, -0.15) is 0 Å². The molecule has 0 amide bonds. The molecule has 19 heavy (non-hydrogen) atoms. The third-order valence-corrected chi connectivity index (χ3v) is 3.54. The molecule has 0 atom stereocenters. The van der Waals surface area contributed by atoms with Crippen molar-refractivity contribution >= 4 is 11.8 Å². The molecule has 0 saturated heterocycles. The lowest BCUT2D eigenvalue weighted by atomic mass is 9.83. The molecule has 2 rings (SSSR count). The van der Waals surface area contributed by atoms with E-state index in [-0.39, 0.29) is 11.4 Å². The molecule has 1 aliphatic rings. The summed E-state index contributed by atoms with van der Waals surface area (Å²) in [4.78, 5) is 19.3. The molecule has 0 aliphatic heterocycles. The Bertz CT molecular complexity index is 465. The molecule has 1 saturated carbocycles. The van der Waals surface area contributed by atoms with Crippen LogP contribution in [0.25, 0.3) is 0 Å². The number of nitrogens with two attached hydrogens (primary N) is 1. The van der Waals surface area contributed by atoms with Crippen molar-refractivity contribution in [2.24, 2.45) is 0 Å². The van der Waals surface area contributed by atoms with Crippen LogP contribution in [0.3, 0.4) is 0 Å². The van der Waals surface area contributed by atoms with Crippen LogP contribution in [0.1, 0.15) is 55.2 Å². The summed E-state index contributed by atoms with van der Waals surface area (Å²) in [6.07, 6.45) is 6.28. The van der Waals surface area contributed by atoms with Crippen molar-refractivity contribution in [3.05, 3.63) is 17.6 Å². The Kier molecular flexibility index (Phi) is 3.99. The highest BCUT2D eigenvalue weighted by Crippen LogP contribution is 2.39. The number of nitrogen functional groups attached to an aromatic ring is 1. The van der Waals surface area contributed by atoms with Crippen LogP contribution in [-0.4, -0.2) is 27.7 Å². The van der Waals surface area contributed by atoms with Crippen LogP contribution in [0.5, 0.6) is 0 Å². The summed E-state index contributed by atoms with van der Waals surface area (Å²) < 4.78 is 5.88. The number of ether oxygens (including phenoxy) is 1. The summed E-state index contributed by atoms with van der Waals surface area (Å²) in [7, 11) is 0. The highest BCUT2D eigenvalue weighted by molar-refractivity contribution is 5.92. The number of hydrogen-bond donors (Lipinski definition) is 2. The molecule has 1 aliphatic carbocycles. The normalized spacial score (nSPS) is 18.2. The van der Waals surface area contributed by atoms with E-state index >= 15 is 0 Å². The molecule has 0 aromatic carbocycles. The van der Waals surface area contributed by atoms with E-state index in [1.54, 1.807) is 0 Å². The van der Waals surface area contributed by atoms with E-state index in [1.807, 2.05) is 6.92 Å². The van der Waals surface area contributed by atoms with Crippen LogP contribution in [0, 0.1) is 0 Å². The third-order valence-electron chi connectivity index (χ3n) is 3.54. The molecule has 3 N–H and O–H groups in total. The van der Waals surface area contributed by atoms with Gasteiger partial charge in [0.1, 0.15) is 17.0 Å². The van der Waals surface area contributed by atoms with Gasteiger partial charge in [0.25, 0.3) is 0 Å². The van der Waals surface area contributed by atoms with Gasteiger partial charge in [0.05, 0.1) is 0 Å². The van der Waals surface area contributed by atoms with Crippen molar-refractivity contribution in [3.8, 4) is 0 Å². The van der Waals surface area contributed by atoms with Gasteiger partial charge in [0.2, 0.25) is 0 Å². The Morgan fingerprint density at radius 1 is 1.47 bits per heavy atom. The first kappa shape index (κ1) is 13.7. The minimum absolute atomic E-state index is 0.00199. The lowest BCUT2D eigenvalue weighted by Crippen LogP contribution is -2.35. The lowest BCUT2D eigenvalue weighted by molar-refractivity contribution is -0.0766. The zero-order valence-corrected chi connectivity index (χ0v) is 11.1. The Hall–Kier alpha value is -1.69. The third kappa shape index (κ3) is 2.68. The summed E-state index contributed by atoms with van der Waals surface area (Å²) in [6.45, 7) is 2.51. The Labute approximate surface area is 112 Å². The largest absolute Gasteiger partial charge is 0.477 e. The van der Waals surface area contributed by atoms with Crippen molar-refractivity contribution in [3.63, 3.8) is 0 Å². The van der Waals surface area contributed by atoms with E-state index in [4.69, 9.17) is 15.6 Å². The first-order valence-electron chi connectivity index (χ1n) is 6.59. The molecule has 0 spiro atoms. The topological polar surface area (TPSA) is 98.3 Å². The molecular weight excluding hydrogens is 246 g/mol. The van der Waals surface area contributed by atoms with E-state index in [9.17, 15) is 4.79 Å². The van der Waals surface area contributed by atoms with Gasteiger partial charge in [-0.15, -0.1) is 0 Å². The average Bonchev–Trinajstić information content (AvgIpc) is 2.39. The van der Waals surface area contributed by atoms with Crippen LogP contribution in [0.2, 0.25) is 0 Å². The Balaban J connectivity index is 2.37. The van der Waals surface area contributed by atoms with E-state index in [1.165, 1.54) is 12.6 Å². The van der Waals surface area contributed by atoms with Gasteiger partial charge in [-0.05, 0) is 19.8 Å². The molecule has 6 heteroatoms. The fourth-order valence-corrected chi connectivity index (χ4v) is 2.61. The fraction of sp³-hybridized carbons (Fsp3) is 0.615. The number of carboxylic acid groups (broad SMARTS) is 1. The van der Waals surface area contributed by atoms with Gasteiger partial charge in [0, 0.05) is 12.8 Å². The number of aromatic nitrogens is 2. The minimum atomic E-state index is -1.11. The monoisotopic (exact) mass is 265 g/mol. The number of anilines is 1. The Morgan fingerprint density at radius 3 is 2.68 bits per heavy atom. The molecule has 1 aromatic heterocycles. The van der Waals surface area contributed by atoms with Crippen LogP contribution < -0.4 is 5.73 Å². The van der Waals surface area contributed by atoms with E-state index < -0.39 is 11.6 Å². The fourth-order valence-electron chi connectivity index (χ4n) is 2.61. The Morgan fingerprint density at radius 2 is 2.16 bits per heavy atom. The molecule has 1 fully saturated rings. The van der Waals surface area contributed by atoms with Crippen LogP contribution in [0.4, 0.5) is 5.82 Å². The van der Waals surface area contributed by atoms with Crippen molar-refractivity contribution in [1.29, 1.82) is 0 Å². The maximum absolute atomic E-state index is 10.9. The van der Waals surface area contributed by atoms with Crippen molar-refractivity contribution < 1.29 is 14.6 Å². The highest BCUT2D eigenvalue weighted by atomic mass is 16.5. The number of carboxylic acids is 1. The predicted octanol–water partition coefficient (Wildman–Crippen LogP) is 1.95. The van der Waals surface area contributed by atoms with Crippen molar-refractivity contribution in [1.82, 2.24) is 9.97 Å². The van der Waals surface area contributed by atoms with Crippen LogP contribution in [-0.2, 0) is 10.3 Å². The SMILES string of the molecule is CCOC1(c2ncc(C(=O)O)c(N)n2)CCCCC1. The van der Waals surface area contributed by atoms with E-state index in [0.29, 0.717) is 12.4 Å². The summed E-state index contributed by atoms with van der Waals surface area (Å²) in [5, 5.41) is 8.94. The van der Waals surface area contributed by atoms with Crippen molar-refractivity contribution in [2.45, 2.75) is 44.6 Å². The average molecular weight is 265 g/mol.